The van der Waals surface area contributed by atoms with Gasteiger partial charge in [0, 0.05) is 6.54 Å². The van der Waals surface area contributed by atoms with E-state index >= 15 is 0 Å². The summed E-state index contributed by atoms with van der Waals surface area (Å²) in [6.07, 6.45) is 0.629. The second kappa shape index (κ2) is 6.91. The predicted octanol–water partition coefficient (Wildman–Crippen LogP) is 0.481. The van der Waals surface area contributed by atoms with E-state index in [4.69, 9.17) is 0 Å². The Morgan fingerprint density at radius 2 is 1.95 bits per heavy atom. The van der Waals surface area contributed by atoms with Crippen LogP contribution in [0.15, 0.2) is 30.3 Å². The van der Waals surface area contributed by atoms with Crippen LogP contribution in [0.1, 0.15) is 12.0 Å². The van der Waals surface area contributed by atoms with E-state index in [0.29, 0.717) is 12.8 Å². The maximum atomic E-state index is 11.9. The van der Waals surface area contributed by atoms with Crippen molar-refractivity contribution < 1.29 is 23.1 Å². The van der Waals surface area contributed by atoms with E-state index in [1.54, 1.807) is 0 Å². The number of sulfone groups is 1. The van der Waals surface area contributed by atoms with Crippen molar-refractivity contribution in [1.29, 1.82) is 0 Å². The molecule has 1 amide bonds. The quantitative estimate of drug-likeness (QED) is 0.792. The molecule has 7 heteroatoms. The molecule has 1 aromatic rings. The van der Waals surface area contributed by atoms with Crippen molar-refractivity contribution in [1.82, 2.24) is 5.32 Å². The summed E-state index contributed by atoms with van der Waals surface area (Å²) in [6, 6.07) is 9.18. The first-order valence-corrected chi connectivity index (χ1v) is 8.94. The van der Waals surface area contributed by atoms with Gasteiger partial charge in [-0.05, 0) is 18.4 Å². The van der Waals surface area contributed by atoms with Crippen molar-refractivity contribution in [3.63, 3.8) is 0 Å². The van der Waals surface area contributed by atoms with Gasteiger partial charge in [-0.15, -0.1) is 0 Å². The average Bonchev–Trinajstić information content (AvgIpc) is 2.84. The van der Waals surface area contributed by atoms with Crippen molar-refractivity contribution in [2.75, 3.05) is 18.1 Å². The molecule has 1 aliphatic heterocycles. The summed E-state index contributed by atoms with van der Waals surface area (Å²) in [6.45, 7) is -0.000388. The molecule has 2 atom stereocenters. The lowest BCUT2D eigenvalue weighted by Gasteiger charge is -2.15. The van der Waals surface area contributed by atoms with Crippen LogP contribution in [0, 0.1) is 11.8 Å². The van der Waals surface area contributed by atoms with Crippen LogP contribution in [0.4, 0.5) is 0 Å². The van der Waals surface area contributed by atoms with Gasteiger partial charge >= 0.3 is 5.97 Å². The van der Waals surface area contributed by atoms with Crippen molar-refractivity contribution >= 4 is 21.7 Å². The topological polar surface area (TPSA) is 101 Å². The van der Waals surface area contributed by atoms with E-state index in [-0.39, 0.29) is 24.0 Å². The Balaban J connectivity index is 1.89. The molecule has 0 aromatic heterocycles. The number of amides is 1. The van der Waals surface area contributed by atoms with Gasteiger partial charge in [-0.3, -0.25) is 9.59 Å². The Labute approximate surface area is 129 Å². The number of benzene rings is 1. The minimum Gasteiger partial charge on any atom is -0.481 e. The van der Waals surface area contributed by atoms with Crippen LogP contribution in [-0.2, 0) is 25.8 Å². The smallest absolute Gasteiger partial charge is 0.308 e. The fraction of sp³-hybridized carbons (Fsp3) is 0.467. The molecule has 0 spiro atoms. The minimum absolute atomic E-state index is 0.000388. The van der Waals surface area contributed by atoms with E-state index < -0.39 is 27.6 Å². The SMILES string of the molecule is O=C(O)C(CNC(=O)C1CCS(=O)(=O)C1)Cc1ccccc1. The predicted molar refractivity (Wildman–Crippen MR) is 81.0 cm³/mol. The largest absolute Gasteiger partial charge is 0.481 e. The van der Waals surface area contributed by atoms with Gasteiger partial charge in [-0.1, -0.05) is 30.3 Å². The highest BCUT2D eigenvalue weighted by Gasteiger charge is 2.33. The highest BCUT2D eigenvalue weighted by molar-refractivity contribution is 7.91. The highest BCUT2D eigenvalue weighted by Crippen LogP contribution is 2.18. The molecule has 120 valence electrons. The number of carbonyl (C=O) groups excluding carboxylic acids is 1. The lowest BCUT2D eigenvalue weighted by atomic mass is 9.99. The number of nitrogens with one attached hydrogen (secondary N) is 1. The second-order valence-electron chi connectivity index (χ2n) is 5.57. The molecular weight excluding hydrogens is 306 g/mol. The van der Waals surface area contributed by atoms with Gasteiger partial charge in [0.2, 0.25) is 5.91 Å². The van der Waals surface area contributed by atoms with Crippen LogP contribution in [0.2, 0.25) is 0 Å². The Hall–Kier alpha value is -1.89. The van der Waals surface area contributed by atoms with Crippen LogP contribution in [0.5, 0.6) is 0 Å². The number of hydrogen-bond acceptors (Lipinski definition) is 4. The summed E-state index contributed by atoms with van der Waals surface area (Å²) in [5, 5.41) is 11.8. The van der Waals surface area contributed by atoms with E-state index in [2.05, 4.69) is 5.32 Å². The molecule has 22 heavy (non-hydrogen) atoms. The van der Waals surface area contributed by atoms with Crippen LogP contribution < -0.4 is 5.32 Å². The summed E-state index contributed by atoms with van der Waals surface area (Å²) in [5.74, 6) is -2.77. The zero-order chi connectivity index (χ0) is 16.2. The summed E-state index contributed by atoms with van der Waals surface area (Å²) < 4.78 is 22.7. The molecule has 1 fully saturated rings. The summed E-state index contributed by atoms with van der Waals surface area (Å²) >= 11 is 0. The third-order valence-corrected chi connectivity index (χ3v) is 5.57. The number of hydrogen-bond donors (Lipinski definition) is 2. The molecule has 6 nitrogen and oxygen atoms in total. The fourth-order valence-electron chi connectivity index (χ4n) is 2.52. The molecule has 0 radical (unpaired) electrons. The van der Waals surface area contributed by atoms with Crippen molar-refractivity contribution in [2.24, 2.45) is 11.8 Å². The Bertz CT molecular complexity index is 641. The number of aliphatic carboxylic acids is 1. The first-order valence-electron chi connectivity index (χ1n) is 7.12. The molecule has 0 bridgehead atoms. The molecule has 2 rings (SSSR count). The van der Waals surface area contributed by atoms with E-state index in [9.17, 15) is 23.1 Å². The van der Waals surface area contributed by atoms with Gasteiger partial charge < -0.3 is 10.4 Å². The van der Waals surface area contributed by atoms with Gasteiger partial charge in [-0.2, -0.15) is 0 Å². The Morgan fingerprint density at radius 3 is 2.50 bits per heavy atom. The van der Waals surface area contributed by atoms with Gasteiger partial charge in [-0.25, -0.2) is 8.42 Å². The first kappa shape index (κ1) is 16.5. The third kappa shape index (κ3) is 4.56. The minimum atomic E-state index is -3.12. The molecule has 1 aliphatic rings. The number of carbonyl (C=O) groups is 2. The van der Waals surface area contributed by atoms with E-state index in [1.165, 1.54) is 0 Å². The molecule has 1 aromatic carbocycles. The van der Waals surface area contributed by atoms with Crippen LogP contribution >= 0.6 is 0 Å². The zero-order valence-electron chi connectivity index (χ0n) is 12.1. The fourth-order valence-corrected chi connectivity index (χ4v) is 4.26. The Kier molecular flexibility index (Phi) is 5.18. The Morgan fingerprint density at radius 1 is 1.27 bits per heavy atom. The zero-order valence-corrected chi connectivity index (χ0v) is 12.9. The molecule has 2 unspecified atom stereocenters. The number of rotatable bonds is 6. The molecular formula is C15H19NO5S. The number of carboxylic acids is 1. The van der Waals surface area contributed by atoms with Gasteiger partial charge in [0.1, 0.15) is 0 Å². The molecule has 1 heterocycles. The van der Waals surface area contributed by atoms with Crippen molar-refractivity contribution in [2.45, 2.75) is 12.8 Å². The lowest BCUT2D eigenvalue weighted by Crippen LogP contribution is -2.38. The lowest BCUT2D eigenvalue weighted by molar-refractivity contribution is -0.141. The molecule has 0 aliphatic carbocycles. The maximum absolute atomic E-state index is 11.9. The van der Waals surface area contributed by atoms with Gasteiger partial charge in [0.25, 0.3) is 0 Å². The maximum Gasteiger partial charge on any atom is 0.308 e. The van der Waals surface area contributed by atoms with Gasteiger partial charge in [0.15, 0.2) is 9.84 Å². The molecule has 1 saturated heterocycles. The number of carboxylic acid groups (broad SMARTS) is 1. The normalized spacial score (nSPS) is 21.2. The van der Waals surface area contributed by atoms with Crippen LogP contribution in [0.25, 0.3) is 0 Å². The summed E-state index contributed by atoms with van der Waals surface area (Å²) in [4.78, 5) is 23.2. The van der Waals surface area contributed by atoms with Crippen LogP contribution in [-0.4, -0.2) is 43.5 Å². The molecule has 2 N–H and O–H groups in total. The van der Waals surface area contributed by atoms with E-state index in [0.717, 1.165) is 5.56 Å². The van der Waals surface area contributed by atoms with Crippen molar-refractivity contribution in [3.8, 4) is 0 Å². The third-order valence-electron chi connectivity index (χ3n) is 3.80. The van der Waals surface area contributed by atoms with E-state index in [1.807, 2.05) is 30.3 Å². The summed E-state index contributed by atoms with van der Waals surface area (Å²) in [7, 11) is -3.12. The standard InChI is InChI=1S/C15H19NO5S/c17-14(12-6-7-22(20,21)10-12)16-9-13(15(18)19)8-11-4-2-1-3-5-11/h1-5,12-13H,6-10H2,(H,16,17)(H,18,19). The average molecular weight is 325 g/mol. The van der Waals surface area contributed by atoms with Crippen LogP contribution in [0.3, 0.4) is 0 Å². The van der Waals surface area contributed by atoms with Crippen molar-refractivity contribution in [3.05, 3.63) is 35.9 Å². The summed E-state index contributed by atoms with van der Waals surface area (Å²) in [5.41, 5.74) is 0.882. The monoisotopic (exact) mass is 325 g/mol. The van der Waals surface area contributed by atoms with Gasteiger partial charge in [0.05, 0.1) is 23.3 Å². The first-order chi connectivity index (χ1) is 10.4. The molecule has 0 saturated carbocycles. The second-order valence-corrected chi connectivity index (χ2v) is 7.80. The highest BCUT2D eigenvalue weighted by atomic mass is 32.2.